The first-order valence-corrected chi connectivity index (χ1v) is 7.79. The molecule has 4 nitrogen and oxygen atoms in total. The SMILES string of the molecule is CC[C@H](Oc1ccccc1OC)C(=O)Nc1cc(Cl)ccc1C. The third-order valence-electron chi connectivity index (χ3n) is 3.46. The average Bonchev–Trinajstić information content (AvgIpc) is 2.56. The number of methoxy groups -OCH3 is 1. The van der Waals surface area contributed by atoms with Gasteiger partial charge in [0.25, 0.3) is 5.91 Å². The van der Waals surface area contributed by atoms with Gasteiger partial charge in [0.1, 0.15) is 0 Å². The van der Waals surface area contributed by atoms with Gasteiger partial charge in [0.2, 0.25) is 0 Å². The van der Waals surface area contributed by atoms with Crippen molar-refractivity contribution in [2.75, 3.05) is 12.4 Å². The minimum Gasteiger partial charge on any atom is -0.493 e. The predicted molar refractivity (Wildman–Crippen MR) is 92.5 cm³/mol. The molecule has 122 valence electrons. The Labute approximate surface area is 141 Å². The van der Waals surface area contributed by atoms with E-state index in [1.807, 2.05) is 32.0 Å². The molecule has 23 heavy (non-hydrogen) atoms. The van der Waals surface area contributed by atoms with Gasteiger partial charge < -0.3 is 14.8 Å². The van der Waals surface area contributed by atoms with Crippen molar-refractivity contribution < 1.29 is 14.3 Å². The summed E-state index contributed by atoms with van der Waals surface area (Å²) in [5.74, 6) is 0.918. The first-order valence-electron chi connectivity index (χ1n) is 7.41. The number of halogens is 1. The van der Waals surface area contributed by atoms with Crippen LogP contribution >= 0.6 is 11.6 Å². The largest absolute Gasteiger partial charge is 0.493 e. The van der Waals surface area contributed by atoms with E-state index in [2.05, 4.69) is 5.32 Å². The van der Waals surface area contributed by atoms with Crippen molar-refractivity contribution in [1.29, 1.82) is 0 Å². The third-order valence-corrected chi connectivity index (χ3v) is 3.69. The zero-order valence-electron chi connectivity index (χ0n) is 13.4. The Morgan fingerprint density at radius 1 is 1.22 bits per heavy atom. The van der Waals surface area contributed by atoms with Crippen LogP contribution in [-0.4, -0.2) is 19.1 Å². The van der Waals surface area contributed by atoms with Gasteiger partial charge in [0.15, 0.2) is 17.6 Å². The van der Waals surface area contributed by atoms with Gasteiger partial charge in [-0.2, -0.15) is 0 Å². The summed E-state index contributed by atoms with van der Waals surface area (Å²) in [4.78, 5) is 12.5. The van der Waals surface area contributed by atoms with Crippen molar-refractivity contribution in [2.45, 2.75) is 26.4 Å². The normalized spacial score (nSPS) is 11.7. The first-order chi connectivity index (χ1) is 11.0. The summed E-state index contributed by atoms with van der Waals surface area (Å²) in [5, 5.41) is 3.44. The zero-order chi connectivity index (χ0) is 16.8. The Kier molecular flexibility index (Phi) is 5.88. The fraction of sp³-hybridized carbons (Fsp3) is 0.278. The standard InChI is InChI=1S/C18H20ClNO3/c1-4-15(23-17-8-6-5-7-16(17)22-3)18(21)20-14-11-13(19)10-9-12(14)2/h5-11,15H,4H2,1-3H3,(H,20,21)/t15-/m0/s1. The molecule has 2 aromatic carbocycles. The average molecular weight is 334 g/mol. The highest BCUT2D eigenvalue weighted by Crippen LogP contribution is 2.28. The van der Waals surface area contributed by atoms with Crippen LogP contribution in [0.5, 0.6) is 11.5 Å². The highest BCUT2D eigenvalue weighted by molar-refractivity contribution is 6.31. The van der Waals surface area contributed by atoms with E-state index in [1.54, 1.807) is 31.4 Å². The number of aryl methyl sites for hydroxylation is 1. The third kappa shape index (κ3) is 4.39. The lowest BCUT2D eigenvalue weighted by Crippen LogP contribution is -2.32. The van der Waals surface area contributed by atoms with Gasteiger partial charge >= 0.3 is 0 Å². The second-order valence-corrected chi connectivity index (χ2v) is 5.55. The van der Waals surface area contributed by atoms with Crippen LogP contribution in [-0.2, 0) is 4.79 Å². The van der Waals surface area contributed by atoms with Gasteiger partial charge in [-0.3, -0.25) is 4.79 Å². The molecule has 0 saturated heterocycles. The van der Waals surface area contributed by atoms with E-state index >= 15 is 0 Å². The Balaban J connectivity index is 2.14. The maximum absolute atomic E-state index is 12.5. The number of amides is 1. The molecule has 0 bridgehead atoms. The van der Waals surface area contributed by atoms with Crippen LogP contribution in [0.3, 0.4) is 0 Å². The van der Waals surface area contributed by atoms with E-state index in [1.165, 1.54) is 0 Å². The zero-order valence-corrected chi connectivity index (χ0v) is 14.2. The van der Waals surface area contributed by atoms with Crippen LogP contribution in [0.4, 0.5) is 5.69 Å². The molecule has 1 amide bonds. The summed E-state index contributed by atoms with van der Waals surface area (Å²) < 4.78 is 11.1. The highest BCUT2D eigenvalue weighted by Gasteiger charge is 2.20. The van der Waals surface area contributed by atoms with Crippen molar-refractivity contribution in [3.63, 3.8) is 0 Å². The van der Waals surface area contributed by atoms with Gasteiger partial charge in [-0.15, -0.1) is 0 Å². The van der Waals surface area contributed by atoms with Gasteiger partial charge in [0.05, 0.1) is 7.11 Å². The van der Waals surface area contributed by atoms with Gasteiger partial charge in [0, 0.05) is 10.7 Å². The summed E-state index contributed by atoms with van der Waals surface area (Å²) in [6.45, 7) is 3.80. The maximum atomic E-state index is 12.5. The number of nitrogens with one attached hydrogen (secondary N) is 1. The molecule has 0 aliphatic heterocycles. The quantitative estimate of drug-likeness (QED) is 0.849. The maximum Gasteiger partial charge on any atom is 0.265 e. The lowest BCUT2D eigenvalue weighted by molar-refractivity contribution is -0.122. The van der Waals surface area contributed by atoms with Crippen molar-refractivity contribution in [1.82, 2.24) is 0 Å². The lowest BCUT2D eigenvalue weighted by atomic mass is 10.2. The highest BCUT2D eigenvalue weighted by atomic mass is 35.5. The van der Waals surface area contributed by atoms with Gasteiger partial charge in [-0.05, 0) is 43.2 Å². The number of anilines is 1. The molecule has 0 saturated carbocycles. The second-order valence-electron chi connectivity index (χ2n) is 5.11. The molecular formula is C18H20ClNO3. The monoisotopic (exact) mass is 333 g/mol. The Morgan fingerprint density at radius 2 is 1.91 bits per heavy atom. The molecule has 0 aliphatic rings. The molecule has 0 unspecified atom stereocenters. The number of carbonyl (C=O) groups is 1. The second kappa shape index (κ2) is 7.88. The number of ether oxygens (including phenoxy) is 2. The predicted octanol–water partition coefficient (Wildman–Crippen LogP) is 4.45. The van der Waals surface area contributed by atoms with Crippen molar-refractivity contribution in [3.8, 4) is 11.5 Å². The fourth-order valence-electron chi connectivity index (χ4n) is 2.13. The van der Waals surface area contributed by atoms with Crippen LogP contribution in [0, 0.1) is 6.92 Å². The smallest absolute Gasteiger partial charge is 0.265 e. The molecule has 0 fully saturated rings. The van der Waals surface area contributed by atoms with Crippen LogP contribution in [0.1, 0.15) is 18.9 Å². The molecule has 5 heteroatoms. The van der Waals surface area contributed by atoms with Crippen molar-refractivity contribution >= 4 is 23.2 Å². The summed E-state index contributed by atoms with van der Waals surface area (Å²) in [6.07, 6.45) is -0.0894. The summed E-state index contributed by atoms with van der Waals surface area (Å²) in [7, 11) is 1.57. The van der Waals surface area contributed by atoms with Gasteiger partial charge in [-0.1, -0.05) is 36.7 Å². The van der Waals surface area contributed by atoms with E-state index < -0.39 is 6.10 Å². The molecular weight excluding hydrogens is 314 g/mol. The number of benzene rings is 2. The van der Waals surface area contributed by atoms with Gasteiger partial charge in [-0.25, -0.2) is 0 Å². The van der Waals surface area contributed by atoms with Crippen LogP contribution in [0.15, 0.2) is 42.5 Å². The van der Waals surface area contributed by atoms with Crippen LogP contribution < -0.4 is 14.8 Å². The number of rotatable bonds is 6. The molecule has 0 aromatic heterocycles. The number of para-hydroxylation sites is 2. The van der Waals surface area contributed by atoms with E-state index in [4.69, 9.17) is 21.1 Å². The summed E-state index contributed by atoms with van der Waals surface area (Å²) in [6, 6.07) is 12.6. The topological polar surface area (TPSA) is 47.6 Å². The molecule has 0 radical (unpaired) electrons. The van der Waals surface area contributed by atoms with E-state index in [0.717, 1.165) is 5.56 Å². The number of hydrogen-bond acceptors (Lipinski definition) is 3. The Hall–Kier alpha value is -2.20. The molecule has 2 aromatic rings. The minimum atomic E-state index is -0.621. The molecule has 2 rings (SSSR count). The minimum absolute atomic E-state index is 0.219. The van der Waals surface area contributed by atoms with Crippen molar-refractivity contribution in [2.24, 2.45) is 0 Å². The van der Waals surface area contributed by atoms with E-state index in [9.17, 15) is 4.79 Å². The fourth-order valence-corrected chi connectivity index (χ4v) is 2.31. The first kappa shape index (κ1) is 17.2. The molecule has 1 atom stereocenters. The molecule has 0 heterocycles. The molecule has 0 aliphatic carbocycles. The van der Waals surface area contributed by atoms with Crippen molar-refractivity contribution in [3.05, 3.63) is 53.1 Å². The number of carbonyl (C=O) groups excluding carboxylic acids is 1. The van der Waals surface area contributed by atoms with E-state index in [-0.39, 0.29) is 5.91 Å². The van der Waals surface area contributed by atoms with Crippen LogP contribution in [0.25, 0.3) is 0 Å². The summed E-state index contributed by atoms with van der Waals surface area (Å²) >= 11 is 5.98. The van der Waals surface area contributed by atoms with Crippen LogP contribution in [0.2, 0.25) is 5.02 Å². The Morgan fingerprint density at radius 3 is 2.57 bits per heavy atom. The number of hydrogen-bond donors (Lipinski definition) is 1. The molecule has 0 spiro atoms. The lowest BCUT2D eigenvalue weighted by Gasteiger charge is -2.19. The summed E-state index contributed by atoms with van der Waals surface area (Å²) in [5.41, 5.74) is 1.62. The molecule has 1 N–H and O–H groups in total. The Bertz CT molecular complexity index is 688. The van der Waals surface area contributed by atoms with E-state index in [0.29, 0.717) is 28.6 Å².